The lowest BCUT2D eigenvalue weighted by molar-refractivity contribution is 0.0583. The molecule has 92 valence electrons. The van der Waals surface area contributed by atoms with Crippen LogP contribution in [-0.2, 0) is 0 Å². The number of piperidine rings is 1. The molecular formula is C13H17ClN2O. The van der Waals surface area contributed by atoms with E-state index in [0.29, 0.717) is 10.7 Å². The molecule has 1 fully saturated rings. The van der Waals surface area contributed by atoms with Crippen molar-refractivity contribution in [3.63, 3.8) is 0 Å². The van der Waals surface area contributed by atoms with Gasteiger partial charge in [-0.2, -0.15) is 0 Å². The summed E-state index contributed by atoms with van der Waals surface area (Å²) in [6.45, 7) is 6.05. The van der Waals surface area contributed by atoms with E-state index in [9.17, 15) is 4.79 Å². The maximum Gasteiger partial charge on any atom is 0.254 e. The summed E-state index contributed by atoms with van der Waals surface area (Å²) in [4.78, 5) is 18.1. The Hall–Kier alpha value is -1.09. The van der Waals surface area contributed by atoms with Gasteiger partial charge < -0.3 is 4.90 Å². The Bertz CT molecular complexity index is 431. The molecule has 0 saturated carbocycles. The summed E-state index contributed by atoms with van der Waals surface area (Å²) in [6, 6.07) is 3.35. The van der Waals surface area contributed by atoms with Crippen LogP contribution in [0.5, 0.6) is 0 Å². The number of carbonyl (C=O) groups excluding carboxylic acids is 1. The smallest absolute Gasteiger partial charge is 0.254 e. The lowest BCUT2D eigenvalue weighted by Crippen LogP contribution is -2.43. The minimum absolute atomic E-state index is 0.0575. The predicted molar refractivity (Wildman–Crippen MR) is 68.2 cm³/mol. The molecule has 1 aliphatic rings. The van der Waals surface area contributed by atoms with Gasteiger partial charge in [0.2, 0.25) is 0 Å². The van der Waals surface area contributed by atoms with Gasteiger partial charge in [0.15, 0.2) is 0 Å². The average molecular weight is 253 g/mol. The van der Waals surface area contributed by atoms with Crippen LogP contribution in [0, 0.1) is 5.41 Å². The van der Waals surface area contributed by atoms with Crippen molar-refractivity contribution in [1.82, 2.24) is 9.88 Å². The Morgan fingerprint density at radius 3 is 2.94 bits per heavy atom. The fraction of sp³-hybridized carbons (Fsp3) is 0.538. The number of carbonyl (C=O) groups is 1. The number of hydrogen-bond donors (Lipinski definition) is 0. The molecule has 0 spiro atoms. The molecule has 0 aliphatic carbocycles. The molecule has 1 aromatic rings. The molecule has 1 aromatic heterocycles. The molecule has 2 heterocycles. The van der Waals surface area contributed by atoms with Crippen molar-refractivity contribution >= 4 is 17.5 Å². The summed E-state index contributed by atoms with van der Waals surface area (Å²) in [5.41, 5.74) is 0.841. The van der Waals surface area contributed by atoms with E-state index in [4.69, 9.17) is 11.6 Å². The molecule has 0 atom stereocenters. The molecule has 0 radical (unpaired) electrons. The highest BCUT2D eigenvalue weighted by Gasteiger charge is 2.29. The van der Waals surface area contributed by atoms with Gasteiger partial charge in [0.25, 0.3) is 5.91 Å². The van der Waals surface area contributed by atoms with Crippen molar-refractivity contribution < 1.29 is 4.79 Å². The van der Waals surface area contributed by atoms with Crippen LogP contribution < -0.4 is 0 Å². The first-order chi connectivity index (χ1) is 7.98. The van der Waals surface area contributed by atoms with Crippen molar-refractivity contribution in [2.24, 2.45) is 5.41 Å². The topological polar surface area (TPSA) is 33.2 Å². The van der Waals surface area contributed by atoms with Gasteiger partial charge in [-0.15, -0.1) is 0 Å². The van der Waals surface area contributed by atoms with Gasteiger partial charge in [-0.25, -0.2) is 4.98 Å². The Labute approximate surface area is 107 Å². The van der Waals surface area contributed by atoms with Gasteiger partial charge in [-0.1, -0.05) is 25.4 Å². The van der Waals surface area contributed by atoms with Crippen LogP contribution in [0.1, 0.15) is 37.0 Å². The first-order valence-electron chi connectivity index (χ1n) is 5.89. The van der Waals surface area contributed by atoms with Crippen molar-refractivity contribution in [1.29, 1.82) is 0 Å². The van der Waals surface area contributed by atoms with Crippen LogP contribution in [0.4, 0.5) is 0 Å². The van der Waals surface area contributed by atoms with Gasteiger partial charge >= 0.3 is 0 Å². The number of halogens is 1. The molecule has 0 aromatic carbocycles. The number of amides is 1. The second-order valence-corrected chi connectivity index (χ2v) is 5.75. The second kappa shape index (κ2) is 4.65. The second-order valence-electron chi connectivity index (χ2n) is 5.36. The molecule has 1 aliphatic heterocycles. The summed E-state index contributed by atoms with van der Waals surface area (Å²) in [5.74, 6) is 0.0575. The maximum absolute atomic E-state index is 12.3. The highest BCUT2D eigenvalue weighted by Crippen LogP contribution is 2.29. The minimum atomic E-state index is 0.0575. The predicted octanol–water partition coefficient (Wildman–Crippen LogP) is 3.00. The zero-order valence-corrected chi connectivity index (χ0v) is 11.0. The van der Waals surface area contributed by atoms with E-state index in [1.807, 2.05) is 4.90 Å². The molecule has 2 rings (SSSR count). The fourth-order valence-corrected chi connectivity index (χ4v) is 2.49. The van der Waals surface area contributed by atoms with E-state index in [0.717, 1.165) is 19.5 Å². The quantitative estimate of drug-likeness (QED) is 0.720. The van der Waals surface area contributed by atoms with Crippen LogP contribution in [0.3, 0.4) is 0 Å². The van der Waals surface area contributed by atoms with Crippen molar-refractivity contribution in [2.75, 3.05) is 13.1 Å². The number of hydrogen-bond acceptors (Lipinski definition) is 2. The third-order valence-corrected chi connectivity index (χ3v) is 3.37. The molecule has 1 saturated heterocycles. The first-order valence-corrected chi connectivity index (χ1v) is 6.27. The van der Waals surface area contributed by atoms with Gasteiger partial charge in [-0.3, -0.25) is 4.79 Å². The van der Waals surface area contributed by atoms with E-state index >= 15 is 0 Å². The van der Waals surface area contributed by atoms with Gasteiger partial charge in [0.05, 0.1) is 0 Å². The van der Waals surface area contributed by atoms with E-state index < -0.39 is 0 Å². The molecule has 3 nitrogen and oxygen atoms in total. The maximum atomic E-state index is 12.3. The van der Waals surface area contributed by atoms with Gasteiger partial charge in [0, 0.05) is 24.8 Å². The summed E-state index contributed by atoms with van der Waals surface area (Å²) in [7, 11) is 0. The number of pyridine rings is 1. The lowest BCUT2D eigenvalue weighted by atomic mass is 9.84. The Morgan fingerprint density at radius 1 is 1.53 bits per heavy atom. The third-order valence-electron chi connectivity index (χ3n) is 3.16. The number of aromatic nitrogens is 1. The lowest BCUT2D eigenvalue weighted by Gasteiger charge is -2.38. The molecule has 17 heavy (non-hydrogen) atoms. The van der Waals surface area contributed by atoms with E-state index in [2.05, 4.69) is 18.8 Å². The number of likely N-dealkylation sites (tertiary alicyclic amines) is 1. The fourth-order valence-electron chi connectivity index (χ4n) is 2.31. The molecule has 0 N–H and O–H groups in total. The monoisotopic (exact) mass is 252 g/mol. The standard InChI is InChI=1S/C13H17ClN2O/c1-13(2)5-3-7-16(9-13)12(17)10-4-6-15-11(14)8-10/h4,6,8H,3,5,7,9H2,1-2H3. The highest BCUT2D eigenvalue weighted by atomic mass is 35.5. The van der Waals surface area contributed by atoms with Gasteiger partial charge in [0.1, 0.15) is 5.15 Å². The van der Waals surface area contributed by atoms with Crippen LogP contribution in [0.15, 0.2) is 18.3 Å². The minimum Gasteiger partial charge on any atom is -0.338 e. The molecule has 0 bridgehead atoms. The zero-order chi connectivity index (χ0) is 12.5. The molecule has 1 amide bonds. The van der Waals surface area contributed by atoms with Crippen molar-refractivity contribution in [3.8, 4) is 0 Å². The Balaban J connectivity index is 2.15. The van der Waals surface area contributed by atoms with Crippen LogP contribution in [0.2, 0.25) is 5.15 Å². The molecule has 0 unspecified atom stereocenters. The molecular weight excluding hydrogens is 236 g/mol. The Morgan fingerprint density at radius 2 is 2.29 bits per heavy atom. The average Bonchev–Trinajstić information content (AvgIpc) is 2.26. The first kappa shape index (κ1) is 12.4. The van der Waals surface area contributed by atoms with Crippen LogP contribution in [-0.4, -0.2) is 28.9 Å². The van der Waals surface area contributed by atoms with E-state index in [1.54, 1.807) is 18.3 Å². The number of nitrogens with zero attached hydrogens (tertiary/aromatic N) is 2. The SMILES string of the molecule is CC1(C)CCCN(C(=O)c2ccnc(Cl)c2)C1. The van der Waals surface area contributed by atoms with Crippen LogP contribution >= 0.6 is 11.6 Å². The molecule has 4 heteroatoms. The third kappa shape index (κ3) is 2.97. The Kier molecular flexibility index (Phi) is 3.38. The summed E-state index contributed by atoms with van der Waals surface area (Å²) in [6.07, 6.45) is 3.82. The summed E-state index contributed by atoms with van der Waals surface area (Å²) >= 11 is 5.80. The van der Waals surface area contributed by atoms with Gasteiger partial charge in [-0.05, 0) is 30.4 Å². The van der Waals surface area contributed by atoms with Crippen molar-refractivity contribution in [2.45, 2.75) is 26.7 Å². The van der Waals surface area contributed by atoms with E-state index in [-0.39, 0.29) is 11.3 Å². The normalized spacial score (nSPS) is 19.1. The number of rotatable bonds is 1. The summed E-state index contributed by atoms with van der Waals surface area (Å²) in [5, 5.41) is 0.368. The largest absolute Gasteiger partial charge is 0.338 e. The zero-order valence-electron chi connectivity index (χ0n) is 10.2. The highest BCUT2D eigenvalue weighted by molar-refractivity contribution is 6.29. The van der Waals surface area contributed by atoms with E-state index in [1.165, 1.54) is 6.42 Å². The summed E-state index contributed by atoms with van der Waals surface area (Å²) < 4.78 is 0. The van der Waals surface area contributed by atoms with Crippen LogP contribution in [0.25, 0.3) is 0 Å². The van der Waals surface area contributed by atoms with Crippen molar-refractivity contribution in [3.05, 3.63) is 29.0 Å².